The highest BCUT2D eigenvalue weighted by atomic mass is 16.2. The lowest BCUT2D eigenvalue weighted by atomic mass is 9.85. The summed E-state index contributed by atoms with van der Waals surface area (Å²) >= 11 is 0. The lowest BCUT2D eigenvalue weighted by Gasteiger charge is -2.31. The summed E-state index contributed by atoms with van der Waals surface area (Å²) in [7, 11) is 0. The number of para-hydroxylation sites is 1. The van der Waals surface area contributed by atoms with Gasteiger partial charge in [0.15, 0.2) is 0 Å². The van der Waals surface area contributed by atoms with Crippen molar-refractivity contribution in [2.45, 2.75) is 64.2 Å². The second-order valence-corrected chi connectivity index (χ2v) is 7.02. The fraction of sp³-hybridized carbons (Fsp3) is 0.600. The van der Waals surface area contributed by atoms with Crippen LogP contribution in [0.25, 0.3) is 0 Å². The van der Waals surface area contributed by atoms with Crippen LogP contribution in [0.1, 0.15) is 64.2 Å². The first-order valence-electron chi connectivity index (χ1n) is 9.20. The normalized spacial score (nSPS) is 20.2. The van der Waals surface area contributed by atoms with Crippen LogP contribution in [0.5, 0.6) is 0 Å². The van der Waals surface area contributed by atoms with Gasteiger partial charge in [-0.05, 0) is 37.8 Å². The fourth-order valence-electron chi connectivity index (χ4n) is 4.00. The molecule has 0 saturated heterocycles. The summed E-state index contributed by atoms with van der Waals surface area (Å²) in [5, 5.41) is 0. The van der Waals surface area contributed by atoms with Crippen molar-refractivity contribution >= 4 is 17.5 Å². The van der Waals surface area contributed by atoms with Gasteiger partial charge in [-0.3, -0.25) is 14.5 Å². The minimum Gasteiger partial charge on any atom is -0.274 e. The van der Waals surface area contributed by atoms with Gasteiger partial charge in [0.2, 0.25) is 11.8 Å². The second-order valence-electron chi connectivity index (χ2n) is 7.02. The first-order chi connectivity index (χ1) is 11.3. The Morgan fingerprint density at radius 3 is 1.57 bits per heavy atom. The van der Waals surface area contributed by atoms with Crippen molar-refractivity contribution in [1.82, 2.24) is 0 Å². The minimum atomic E-state index is 0.0245. The van der Waals surface area contributed by atoms with E-state index in [-0.39, 0.29) is 23.7 Å². The molecule has 2 fully saturated rings. The standard InChI is InChI=1S/C20H27NO2/c22-19(16-10-4-1-5-11-16)21(18-14-8-3-9-15-18)20(23)17-12-6-2-7-13-17/h3,8-9,14-17H,1-2,4-7,10-13H2. The van der Waals surface area contributed by atoms with Gasteiger partial charge in [0.25, 0.3) is 0 Å². The molecule has 0 N–H and O–H groups in total. The quantitative estimate of drug-likeness (QED) is 0.758. The highest BCUT2D eigenvalue weighted by molar-refractivity contribution is 6.16. The predicted octanol–water partition coefficient (Wildman–Crippen LogP) is 4.71. The van der Waals surface area contributed by atoms with E-state index in [4.69, 9.17) is 0 Å². The lowest BCUT2D eigenvalue weighted by Crippen LogP contribution is -2.45. The molecule has 0 aromatic heterocycles. The summed E-state index contributed by atoms with van der Waals surface area (Å²) in [6.07, 6.45) is 10.6. The van der Waals surface area contributed by atoms with E-state index in [0.29, 0.717) is 0 Å². The van der Waals surface area contributed by atoms with E-state index in [1.807, 2.05) is 30.3 Å². The van der Waals surface area contributed by atoms with Gasteiger partial charge in [-0.1, -0.05) is 56.7 Å². The molecule has 1 aromatic rings. The molecule has 0 heterocycles. The van der Waals surface area contributed by atoms with E-state index in [1.165, 1.54) is 17.7 Å². The number of carbonyl (C=O) groups is 2. The third-order valence-corrected chi connectivity index (χ3v) is 5.36. The molecule has 0 aliphatic heterocycles. The van der Waals surface area contributed by atoms with Crippen molar-refractivity contribution in [2.24, 2.45) is 11.8 Å². The van der Waals surface area contributed by atoms with E-state index in [1.54, 1.807) is 0 Å². The van der Waals surface area contributed by atoms with Crippen LogP contribution in [0.2, 0.25) is 0 Å². The molecule has 3 rings (SSSR count). The third-order valence-electron chi connectivity index (χ3n) is 5.36. The molecular weight excluding hydrogens is 286 g/mol. The molecule has 2 aliphatic rings. The Hall–Kier alpha value is -1.64. The summed E-state index contributed by atoms with van der Waals surface area (Å²) in [5.74, 6) is 0.117. The number of carbonyl (C=O) groups excluding carboxylic acids is 2. The van der Waals surface area contributed by atoms with Gasteiger partial charge >= 0.3 is 0 Å². The van der Waals surface area contributed by atoms with E-state index in [9.17, 15) is 9.59 Å². The maximum atomic E-state index is 13.1. The van der Waals surface area contributed by atoms with Crippen molar-refractivity contribution in [2.75, 3.05) is 4.90 Å². The van der Waals surface area contributed by atoms with Crippen molar-refractivity contribution < 1.29 is 9.59 Å². The predicted molar refractivity (Wildman–Crippen MR) is 92.1 cm³/mol. The van der Waals surface area contributed by atoms with Crippen LogP contribution in [0.4, 0.5) is 5.69 Å². The Morgan fingerprint density at radius 2 is 1.13 bits per heavy atom. The Labute approximate surface area is 139 Å². The van der Waals surface area contributed by atoms with Crippen molar-refractivity contribution in [3.8, 4) is 0 Å². The molecule has 124 valence electrons. The summed E-state index contributed by atoms with van der Waals surface area (Å²) in [6, 6.07) is 9.52. The Morgan fingerprint density at radius 1 is 0.696 bits per heavy atom. The molecule has 0 spiro atoms. The largest absolute Gasteiger partial charge is 0.274 e. The summed E-state index contributed by atoms with van der Waals surface area (Å²) < 4.78 is 0. The number of anilines is 1. The molecule has 0 unspecified atom stereocenters. The van der Waals surface area contributed by atoms with Crippen LogP contribution in [-0.2, 0) is 9.59 Å². The van der Waals surface area contributed by atoms with Crippen LogP contribution in [0.3, 0.4) is 0 Å². The van der Waals surface area contributed by atoms with Gasteiger partial charge in [0.05, 0.1) is 5.69 Å². The molecular formula is C20H27NO2. The zero-order chi connectivity index (χ0) is 16.1. The third kappa shape index (κ3) is 3.82. The molecule has 0 radical (unpaired) electrons. The van der Waals surface area contributed by atoms with Crippen molar-refractivity contribution in [1.29, 1.82) is 0 Å². The number of benzene rings is 1. The summed E-state index contributed by atoms with van der Waals surface area (Å²) in [4.78, 5) is 27.7. The SMILES string of the molecule is O=C(C1CCCCC1)N(C(=O)C1CCCCC1)c1ccccc1. The van der Waals surface area contributed by atoms with Crippen LogP contribution >= 0.6 is 0 Å². The zero-order valence-corrected chi connectivity index (χ0v) is 13.9. The highest BCUT2D eigenvalue weighted by Crippen LogP contribution is 2.31. The maximum Gasteiger partial charge on any atom is 0.236 e. The summed E-state index contributed by atoms with van der Waals surface area (Å²) in [6.45, 7) is 0. The maximum absolute atomic E-state index is 13.1. The van der Waals surface area contributed by atoms with Crippen LogP contribution in [0, 0.1) is 11.8 Å². The molecule has 23 heavy (non-hydrogen) atoms. The molecule has 0 atom stereocenters. The average Bonchev–Trinajstić information content (AvgIpc) is 2.64. The van der Waals surface area contributed by atoms with Crippen molar-refractivity contribution in [3.63, 3.8) is 0 Å². The monoisotopic (exact) mass is 313 g/mol. The van der Waals surface area contributed by atoms with Crippen LogP contribution in [-0.4, -0.2) is 11.8 Å². The number of hydrogen-bond acceptors (Lipinski definition) is 2. The van der Waals surface area contributed by atoms with Gasteiger partial charge in [-0.2, -0.15) is 0 Å². The van der Waals surface area contributed by atoms with E-state index < -0.39 is 0 Å². The highest BCUT2D eigenvalue weighted by Gasteiger charge is 2.34. The molecule has 3 nitrogen and oxygen atoms in total. The lowest BCUT2D eigenvalue weighted by molar-refractivity contribution is -0.131. The average molecular weight is 313 g/mol. The van der Waals surface area contributed by atoms with Gasteiger partial charge in [-0.25, -0.2) is 0 Å². The van der Waals surface area contributed by atoms with Gasteiger partial charge in [-0.15, -0.1) is 0 Å². The van der Waals surface area contributed by atoms with Gasteiger partial charge in [0.1, 0.15) is 0 Å². The number of amides is 2. The van der Waals surface area contributed by atoms with Crippen molar-refractivity contribution in [3.05, 3.63) is 30.3 Å². The summed E-state index contributed by atoms with van der Waals surface area (Å²) in [5.41, 5.74) is 0.749. The van der Waals surface area contributed by atoms with Crippen LogP contribution in [0.15, 0.2) is 30.3 Å². The second kappa shape index (κ2) is 7.76. The topological polar surface area (TPSA) is 37.4 Å². The number of rotatable bonds is 3. The first kappa shape index (κ1) is 16.2. The van der Waals surface area contributed by atoms with Gasteiger partial charge in [0, 0.05) is 11.8 Å². The van der Waals surface area contributed by atoms with E-state index >= 15 is 0 Å². The zero-order valence-electron chi connectivity index (χ0n) is 13.9. The Kier molecular flexibility index (Phi) is 5.47. The molecule has 1 aromatic carbocycles. The number of hydrogen-bond donors (Lipinski definition) is 0. The molecule has 2 saturated carbocycles. The Balaban J connectivity index is 1.83. The molecule has 2 amide bonds. The molecule has 3 heteroatoms. The smallest absolute Gasteiger partial charge is 0.236 e. The number of nitrogens with zero attached hydrogens (tertiary/aromatic N) is 1. The van der Waals surface area contributed by atoms with E-state index in [0.717, 1.165) is 57.1 Å². The van der Waals surface area contributed by atoms with Crippen LogP contribution < -0.4 is 4.90 Å². The minimum absolute atomic E-state index is 0.0245. The fourth-order valence-corrected chi connectivity index (χ4v) is 4.00. The first-order valence-corrected chi connectivity index (χ1v) is 9.20. The Bertz CT molecular complexity index is 498. The van der Waals surface area contributed by atoms with Gasteiger partial charge < -0.3 is 0 Å². The molecule has 0 bridgehead atoms. The number of imide groups is 1. The van der Waals surface area contributed by atoms with E-state index in [2.05, 4.69) is 0 Å². The molecule has 2 aliphatic carbocycles.